The van der Waals surface area contributed by atoms with Crippen molar-refractivity contribution in [1.82, 2.24) is 0 Å². The highest BCUT2D eigenvalue weighted by molar-refractivity contribution is 9.10. The Balaban J connectivity index is 2.25. The van der Waals surface area contributed by atoms with Gasteiger partial charge >= 0.3 is 0 Å². The maximum absolute atomic E-state index is 13.3. The number of aryl methyl sites for hydroxylation is 2. The minimum Gasteiger partial charge on any atom is -0.488 e. The smallest absolute Gasteiger partial charge is 0.127 e. The van der Waals surface area contributed by atoms with Crippen molar-refractivity contribution in [2.45, 2.75) is 26.3 Å². The summed E-state index contributed by atoms with van der Waals surface area (Å²) in [5.74, 6) is 0.892. The standard InChI is InChI=1S/C16H15BrClFO/c1-10-3-4-15(19)7-13(10)9-20-16-11(2)5-14(17)6-12(16)8-18/h3-7H,8-9H2,1-2H3. The summed E-state index contributed by atoms with van der Waals surface area (Å²) in [6.07, 6.45) is 0. The molecule has 106 valence electrons. The summed E-state index contributed by atoms with van der Waals surface area (Å²) in [6.45, 7) is 4.24. The molecule has 0 saturated heterocycles. The molecule has 0 N–H and O–H groups in total. The molecule has 0 aliphatic heterocycles. The molecule has 20 heavy (non-hydrogen) atoms. The highest BCUT2D eigenvalue weighted by atomic mass is 79.9. The number of ether oxygens (including phenoxy) is 1. The number of hydrogen-bond acceptors (Lipinski definition) is 1. The van der Waals surface area contributed by atoms with Gasteiger partial charge in [0.25, 0.3) is 0 Å². The molecule has 2 aromatic carbocycles. The summed E-state index contributed by atoms with van der Waals surface area (Å²) in [7, 11) is 0. The SMILES string of the molecule is Cc1ccc(F)cc1COc1c(C)cc(Br)cc1CCl. The van der Waals surface area contributed by atoms with Gasteiger partial charge in [-0.2, -0.15) is 0 Å². The van der Waals surface area contributed by atoms with Gasteiger partial charge in [0.15, 0.2) is 0 Å². The number of rotatable bonds is 4. The van der Waals surface area contributed by atoms with E-state index in [2.05, 4.69) is 15.9 Å². The van der Waals surface area contributed by atoms with Crippen LogP contribution < -0.4 is 4.74 Å². The van der Waals surface area contributed by atoms with E-state index in [1.807, 2.05) is 26.0 Å². The first kappa shape index (κ1) is 15.3. The number of halogens is 3. The summed E-state index contributed by atoms with van der Waals surface area (Å²) in [4.78, 5) is 0. The second-order valence-corrected chi connectivity index (χ2v) is 5.89. The third-order valence-electron chi connectivity index (χ3n) is 3.14. The van der Waals surface area contributed by atoms with Crippen molar-refractivity contribution in [2.24, 2.45) is 0 Å². The highest BCUT2D eigenvalue weighted by Gasteiger charge is 2.10. The lowest BCUT2D eigenvalue weighted by molar-refractivity contribution is 0.300. The molecule has 0 aliphatic carbocycles. The van der Waals surface area contributed by atoms with Crippen molar-refractivity contribution in [3.63, 3.8) is 0 Å². The van der Waals surface area contributed by atoms with E-state index in [0.29, 0.717) is 12.5 Å². The molecular formula is C16H15BrClFO. The van der Waals surface area contributed by atoms with Crippen molar-refractivity contribution in [3.05, 3.63) is 62.9 Å². The Morgan fingerprint density at radius 3 is 2.55 bits per heavy atom. The summed E-state index contributed by atoms with van der Waals surface area (Å²) in [6, 6.07) is 8.63. The Morgan fingerprint density at radius 2 is 1.85 bits per heavy atom. The van der Waals surface area contributed by atoms with Gasteiger partial charge in [-0.1, -0.05) is 22.0 Å². The average molecular weight is 358 g/mol. The van der Waals surface area contributed by atoms with Gasteiger partial charge in [-0.15, -0.1) is 11.6 Å². The van der Waals surface area contributed by atoms with Gasteiger partial charge in [-0.3, -0.25) is 0 Å². The van der Waals surface area contributed by atoms with Gasteiger partial charge in [-0.05, 0) is 54.8 Å². The van der Waals surface area contributed by atoms with Crippen LogP contribution in [0, 0.1) is 19.7 Å². The van der Waals surface area contributed by atoms with E-state index in [4.69, 9.17) is 16.3 Å². The summed E-state index contributed by atoms with van der Waals surface area (Å²) in [5.41, 5.74) is 3.78. The van der Waals surface area contributed by atoms with Crippen LogP contribution in [0.4, 0.5) is 4.39 Å². The first-order valence-electron chi connectivity index (χ1n) is 6.24. The Bertz CT molecular complexity index is 628. The number of hydrogen-bond donors (Lipinski definition) is 0. The Kier molecular flexibility index (Phi) is 5.06. The molecule has 0 aromatic heterocycles. The normalized spacial score (nSPS) is 10.7. The van der Waals surface area contributed by atoms with Crippen molar-refractivity contribution >= 4 is 27.5 Å². The zero-order chi connectivity index (χ0) is 14.7. The third kappa shape index (κ3) is 3.53. The molecule has 0 fully saturated rings. The molecule has 0 heterocycles. The lowest BCUT2D eigenvalue weighted by atomic mass is 10.1. The van der Waals surface area contributed by atoms with E-state index in [1.54, 1.807) is 6.07 Å². The number of benzene rings is 2. The van der Waals surface area contributed by atoms with E-state index >= 15 is 0 Å². The van der Waals surface area contributed by atoms with Crippen molar-refractivity contribution < 1.29 is 9.13 Å². The zero-order valence-electron chi connectivity index (χ0n) is 11.3. The first-order chi connectivity index (χ1) is 9.51. The van der Waals surface area contributed by atoms with E-state index < -0.39 is 0 Å². The van der Waals surface area contributed by atoms with Crippen molar-refractivity contribution in [1.29, 1.82) is 0 Å². The van der Waals surface area contributed by atoms with Crippen LogP contribution in [0.25, 0.3) is 0 Å². The molecule has 0 unspecified atom stereocenters. The van der Waals surface area contributed by atoms with Crippen LogP contribution in [-0.2, 0) is 12.5 Å². The first-order valence-corrected chi connectivity index (χ1v) is 7.57. The van der Waals surface area contributed by atoms with Crippen LogP contribution in [0.15, 0.2) is 34.8 Å². The van der Waals surface area contributed by atoms with Crippen LogP contribution in [0.2, 0.25) is 0 Å². The molecule has 2 aromatic rings. The molecule has 0 bridgehead atoms. The molecule has 1 nitrogen and oxygen atoms in total. The van der Waals surface area contributed by atoms with E-state index in [1.165, 1.54) is 12.1 Å². The lowest BCUT2D eigenvalue weighted by Gasteiger charge is -2.15. The Hall–Kier alpha value is -1.06. The number of alkyl halides is 1. The quantitative estimate of drug-likeness (QED) is 0.654. The Labute approximate surface area is 131 Å². The maximum Gasteiger partial charge on any atom is 0.127 e. The largest absolute Gasteiger partial charge is 0.488 e. The van der Waals surface area contributed by atoms with Crippen molar-refractivity contribution in [3.8, 4) is 5.75 Å². The molecule has 2 rings (SSSR count). The second-order valence-electron chi connectivity index (χ2n) is 4.70. The minimum atomic E-state index is -0.251. The lowest BCUT2D eigenvalue weighted by Crippen LogP contribution is -2.02. The monoisotopic (exact) mass is 356 g/mol. The summed E-state index contributed by atoms with van der Waals surface area (Å²) < 4.78 is 20.1. The van der Waals surface area contributed by atoms with E-state index in [9.17, 15) is 4.39 Å². The molecule has 0 amide bonds. The van der Waals surface area contributed by atoms with Gasteiger partial charge in [0.05, 0.1) is 5.88 Å². The maximum atomic E-state index is 13.3. The second kappa shape index (κ2) is 6.59. The highest BCUT2D eigenvalue weighted by Crippen LogP contribution is 2.30. The van der Waals surface area contributed by atoms with E-state index in [0.717, 1.165) is 32.5 Å². The van der Waals surface area contributed by atoms with Crippen LogP contribution in [-0.4, -0.2) is 0 Å². The predicted octanol–water partition coefficient (Wildman–Crippen LogP) is 5.52. The van der Waals surface area contributed by atoms with Crippen molar-refractivity contribution in [2.75, 3.05) is 0 Å². The average Bonchev–Trinajstić information content (AvgIpc) is 2.40. The van der Waals surface area contributed by atoms with Crippen LogP contribution in [0.3, 0.4) is 0 Å². The van der Waals surface area contributed by atoms with Crippen LogP contribution in [0.1, 0.15) is 22.3 Å². The molecular weight excluding hydrogens is 343 g/mol. The van der Waals surface area contributed by atoms with Gasteiger partial charge < -0.3 is 4.74 Å². The van der Waals surface area contributed by atoms with Gasteiger partial charge in [0, 0.05) is 10.0 Å². The van der Waals surface area contributed by atoms with Gasteiger partial charge in [0.1, 0.15) is 18.2 Å². The fourth-order valence-electron chi connectivity index (χ4n) is 2.05. The molecule has 0 saturated carbocycles. The fraction of sp³-hybridized carbons (Fsp3) is 0.250. The zero-order valence-corrected chi connectivity index (χ0v) is 13.7. The summed E-state index contributed by atoms with van der Waals surface area (Å²) >= 11 is 9.39. The molecule has 0 radical (unpaired) electrons. The minimum absolute atomic E-state index is 0.251. The molecule has 0 atom stereocenters. The topological polar surface area (TPSA) is 9.23 Å². The van der Waals surface area contributed by atoms with E-state index in [-0.39, 0.29) is 5.82 Å². The Morgan fingerprint density at radius 1 is 1.10 bits per heavy atom. The van der Waals surface area contributed by atoms with Crippen LogP contribution in [0.5, 0.6) is 5.75 Å². The van der Waals surface area contributed by atoms with Gasteiger partial charge in [0.2, 0.25) is 0 Å². The van der Waals surface area contributed by atoms with Crippen LogP contribution >= 0.6 is 27.5 Å². The van der Waals surface area contributed by atoms with Gasteiger partial charge in [-0.25, -0.2) is 4.39 Å². The predicted molar refractivity (Wildman–Crippen MR) is 83.9 cm³/mol. The molecule has 0 aliphatic rings. The fourth-order valence-corrected chi connectivity index (χ4v) is 2.87. The summed E-state index contributed by atoms with van der Waals surface area (Å²) in [5, 5.41) is 0. The molecule has 0 spiro atoms. The third-order valence-corrected chi connectivity index (χ3v) is 3.89. The molecule has 4 heteroatoms.